The Morgan fingerprint density at radius 1 is 1.24 bits per heavy atom. The highest BCUT2D eigenvalue weighted by atomic mass is 16.3. The molecule has 0 bridgehead atoms. The second kappa shape index (κ2) is 4.02. The van der Waals surface area contributed by atoms with Gasteiger partial charge in [0.05, 0.1) is 0 Å². The Labute approximate surface area is 102 Å². The van der Waals surface area contributed by atoms with Crippen molar-refractivity contribution in [3.63, 3.8) is 0 Å². The predicted octanol–water partition coefficient (Wildman–Crippen LogP) is 2.82. The average molecular weight is 228 g/mol. The second-order valence-electron chi connectivity index (χ2n) is 5.11. The first-order valence-electron chi connectivity index (χ1n) is 6.34. The highest BCUT2D eigenvalue weighted by Gasteiger charge is 2.32. The SMILES string of the molecule is CC1=C(c2ccc(O)cc2)C=[N+]2CCC[C@H]2C1. The van der Waals surface area contributed by atoms with Crippen LogP contribution in [0.2, 0.25) is 0 Å². The van der Waals surface area contributed by atoms with Gasteiger partial charge in [0.1, 0.15) is 12.3 Å². The summed E-state index contributed by atoms with van der Waals surface area (Å²) in [7, 11) is 0. The standard InChI is InChI=1S/C15H17NO/c1-11-9-13-3-2-8-16(13)10-15(11)12-4-6-14(17)7-5-12/h4-7,10,13H,2-3,8-9H2,1H3/p+1/t13-/m0/s1. The van der Waals surface area contributed by atoms with Gasteiger partial charge in [0, 0.05) is 24.8 Å². The molecule has 0 aromatic heterocycles. The maximum atomic E-state index is 9.33. The van der Waals surface area contributed by atoms with Gasteiger partial charge in [-0.05, 0) is 24.6 Å². The van der Waals surface area contributed by atoms with E-state index in [-0.39, 0.29) is 0 Å². The number of hydrogen-bond donors (Lipinski definition) is 1. The van der Waals surface area contributed by atoms with Crippen LogP contribution in [0.1, 0.15) is 31.7 Å². The van der Waals surface area contributed by atoms with Crippen LogP contribution >= 0.6 is 0 Å². The Morgan fingerprint density at radius 3 is 2.76 bits per heavy atom. The maximum Gasteiger partial charge on any atom is 0.171 e. The van der Waals surface area contributed by atoms with Gasteiger partial charge < -0.3 is 5.11 Å². The smallest absolute Gasteiger partial charge is 0.171 e. The molecule has 1 aromatic carbocycles. The average Bonchev–Trinajstić information content (AvgIpc) is 2.76. The fraction of sp³-hybridized carbons (Fsp3) is 0.400. The topological polar surface area (TPSA) is 23.2 Å². The van der Waals surface area contributed by atoms with Crippen LogP contribution in [0, 0.1) is 0 Å². The van der Waals surface area contributed by atoms with Crippen LogP contribution in [0.5, 0.6) is 5.75 Å². The summed E-state index contributed by atoms with van der Waals surface area (Å²) in [5.41, 5.74) is 4.02. The van der Waals surface area contributed by atoms with Crippen molar-refractivity contribution in [2.45, 2.75) is 32.2 Å². The molecule has 0 saturated carbocycles. The minimum atomic E-state index is 0.335. The van der Waals surface area contributed by atoms with Gasteiger partial charge in [-0.3, -0.25) is 0 Å². The van der Waals surface area contributed by atoms with Crippen LogP contribution in [0.4, 0.5) is 0 Å². The summed E-state index contributed by atoms with van der Waals surface area (Å²) in [5.74, 6) is 0.335. The van der Waals surface area contributed by atoms with Crippen LogP contribution in [-0.4, -0.2) is 28.5 Å². The predicted molar refractivity (Wildman–Crippen MR) is 69.5 cm³/mol. The number of nitrogens with zero attached hydrogens (tertiary/aromatic N) is 1. The van der Waals surface area contributed by atoms with Gasteiger partial charge in [0.2, 0.25) is 0 Å². The minimum absolute atomic E-state index is 0.335. The summed E-state index contributed by atoms with van der Waals surface area (Å²) in [5, 5.41) is 9.33. The molecule has 0 aliphatic carbocycles. The fourth-order valence-electron chi connectivity index (χ4n) is 2.95. The van der Waals surface area contributed by atoms with Crippen LogP contribution in [0.15, 0.2) is 29.8 Å². The highest BCUT2D eigenvalue weighted by Crippen LogP contribution is 2.29. The Kier molecular flexibility index (Phi) is 2.50. The van der Waals surface area contributed by atoms with Crippen LogP contribution in [0.25, 0.3) is 5.57 Å². The molecule has 2 aliphatic rings. The van der Waals surface area contributed by atoms with Gasteiger partial charge in [-0.1, -0.05) is 17.7 Å². The molecule has 88 valence electrons. The van der Waals surface area contributed by atoms with E-state index in [9.17, 15) is 5.11 Å². The molecular weight excluding hydrogens is 210 g/mol. The summed E-state index contributed by atoms with van der Waals surface area (Å²) in [6, 6.07) is 8.26. The normalized spacial score (nSPS) is 23.6. The highest BCUT2D eigenvalue weighted by molar-refractivity contribution is 6.09. The Bertz CT molecular complexity index is 496. The van der Waals surface area contributed by atoms with Crippen LogP contribution in [-0.2, 0) is 0 Å². The lowest BCUT2D eigenvalue weighted by molar-refractivity contribution is -0.539. The number of allylic oxidation sites excluding steroid dienone is 1. The monoisotopic (exact) mass is 228 g/mol. The van der Waals surface area contributed by atoms with E-state index < -0.39 is 0 Å². The number of aromatic hydroxyl groups is 1. The van der Waals surface area contributed by atoms with Crippen molar-refractivity contribution >= 4 is 11.8 Å². The quantitative estimate of drug-likeness (QED) is 0.734. The third kappa shape index (κ3) is 1.88. The van der Waals surface area contributed by atoms with Gasteiger partial charge in [-0.2, -0.15) is 0 Å². The van der Waals surface area contributed by atoms with Crippen molar-refractivity contribution in [2.75, 3.05) is 6.54 Å². The summed E-state index contributed by atoms with van der Waals surface area (Å²) in [6.45, 7) is 3.42. The molecule has 2 aliphatic heterocycles. The molecule has 17 heavy (non-hydrogen) atoms. The zero-order valence-corrected chi connectivity index (χ0v) is 10.2. The van der Waals surface area contributed by atoms with Crippen molar-refractivity contribution in [1.29, 1.82) is 0 Å². The van der Waals surface area contributed by atoms with E-state index in [1.165, 1.54) is 42.5 Å². The van der Waals surface area contributed by atoms with E-state index in [1.807, 2.05) is 12.1 Å². The van der Waals surface area contributed by atoms with Crippen molar-refractivity contribution < 1.29 is 9.68 Å². The van der Waals surface area contributed by atoms with Crippen molar-refractivity contribution in [1.82, 2.24) is 0 Å². The largest absolute Gasteiger partial charge is 0.508 e. The third-order valence-electron chi connectivity index (χ3n) is 3.90. The van der Waals surface area contributed by atoms with E-state index in [4.69, 9.17) is 0 Å². The molecule has 0 radical (unpaired) electrons. The van der Waals surface area contributed by atoms with Gasteiger partial charge >= 0.3 is 0 Å². The molecule has 0 spiro atoms. The molecule has 0 unspecified atom stereocenters. The zero-order valence-electron chi connectivity index (χ0n) is 10.2. The number of fused-ring (bicyclic) bond motifs is 1. The van der Waals surface area contributed by atoms with Crippen LogP contribution < -0.4 is 0 Å². The molecular formula is C15H18NO+. The Morgan fingerprint density at radius 2 is 2.00 bits per heavy atom. The number of rotatable bonds is 1. The van der Waals surface area contributed by atoms with Gasteiger partial charge in [0.25, 0.3) is 0 Å². The molecule has 2 nitrogen and oxygen atoms in total. The molecule has 0 amide bonds. The van der Waals surface area contributed by atoms with Crippen molar-refractivity contribution in [3.05, 3.63) is 35.4 Å². The molecule has 3 rings (SSSR count). The zero-order chi connectivity index (χ0) is 11.8. The molecule has 1 atom stereocenters. The Balaban J connectivity index is 1.99. The summed E-state index contributed by atoms with van der Waals surface area (Å²) in [6.07, 6.45) is 6.14. The van der Waals surface area contributed by atoms with E-state index in [1.54, 1.807) is 12.1 Å². The van der Waals surface area contributed by atoms with E-state index in [2.05, 4.69) is 17.7 Å². The maximum absolute atomic E-state index is 9.33. The lowest BCUT2D eigenvalue weighted by atomic mass is 9.93. The Hall–Kier alpha value is -1.57. The molecule has 2 heterocycles. The summed E-state index contributed by atoms with van der Waals surface area (Å²) >= 11 is 0. The molecule has 1 fully saturated rings. The third-order valence-corrected chi connectivity index (χ3v) is 3.90. The molecule has 1 N–H and O–H groups in total. The first-order valence-corrected chi connectivity index (χ1v) is 6.34. The number of benzene rings is 1. The minimum Gasteiger partial charge on any atom is -0.508 e. The second-order valence-corrected chi connectivity index (χ2v) is 5.11. The van der Waals surface area contributed by atoms with E-state index in [0.717, 1.165) is 6.04 Å². The van der Waals surface area contributed by atoms with Gasteiger partial charge in [0.15, 0.2) is 12.3 Å². The van der Waals surface area contributed by atoms with Crippen molar-refractivity contribution in [2.24, 2.45) is 0 Å². The lowest BCUT2D eigenvalue weighted by Gasteiger charge is -2.17. The molecule has 1 saturated heterocycles. The summed E-state index contributed by atoms with van der Waals surface area (Å²) < 4.78 is 2.48. The number of phenolic OH excluding ortho intramolecular Hbond substituents is 1. The van der Waals surface area contributed by atoms with Crippen molar-refractivity contribution in [3.8, 4) is 5.75 Å². The number of phenols is 1. The van der Waals surface area contributed by atoms with Crippen LogP contribution in [0.3, 0.4) is 0 Å². The van der Waals surface area contributed by atoms with E-state index >= 15 is 0 Å². The lowest BCUT2D eigenvalue weighted by Crippen LogP contribution is -2.25. The fourth-order valence-corrected chi connectivity index (χ4v) is 2.95. The molecule has 1 aromatic rings. The van der Waals surface area contributed by atoms with Gasteiger partial charge in [-0.15, -0.1) is 0 Å². The van der Waals surface area contributed by atoms with Gasteiger partial charge in [-0.25, -0.2) is 4.58 Å². The first kappa shape index (κ1) is 10.6. The number of hydrogen-bond acceptors (Lipinski definition) is 1. The first-order chi connectivity index (χ1) is 8.24. The molecule has 2 heteroatoms. The summed E-state index contributed by atoms with van der Waals surface area (Å²) in [4.78, 5) is 0. The van der Waals surface area contributed by atoms with E-state index in [0.29, 0.717) is 5.75 Å².